The number of carbonyl (C=O) groups excluding carboxylic acids is 1. The Morgan fingerprint density at radius 2 is 1.78 bits per heavy atom. The fraction of sp³-hybridized carbons (Fsp3) is 0.250. The summed E-state index contributed by atoms with van der Waals surface area (Å²) in [7, 11) is 0. The molecule has 0 aromatic heterocycles. The molecule has 118 valence electrons. The largest absolute Gasteiger partial charge is 0.489 e. The van der Waals surface area contributed by atoms with E-state index in [9.17, 15) is 9.90 Å². The van der Waals surface area contributed by atoms with Crippen LogP contribution in [0.15, 0.2) is 66.2 Å². The summed E-state index contributed by atoms with van der Waals surface area (Å²) in [5.41, 5.74) is 2.20. The van der Waals surface area contributed by atoms with Crippen LogP contribution in [0.4, 0.5) is 0 Å². The maximum absolute atomic E-state index is 12.0. The highest BCUT2D eigenvalue weighted by Gasteiger charge is 2.24. The van der Waals surface area contributed by atoms with Crippen molar-refractivity contribution in [2.24, 2.45) is 0 Å². The van der Waals surface area contributed by atoms with Crippen LogP contribution in [-0.4, -0.2) is 10.9 Å². The maximum atomic E-state index is 12.0. The van der Waals surface area contributed by atoms with E-state index in [-0.39, 0.29) is 5.78 Å². The Labute approximate surface area is 136 Å². The molecule has 3 nitrogen and oxygen atoms in total. The van der Waals surface area contributed by atoms with E-state index in [0.29, 0.717) is 29.9 Å². The molecule has 3 heteroatoms. The predicted octanol–water partition coefficient (Wildman–Crippen LogP) is 3.98. The zero-order valence-corrected chi connectivity index (χ0v) is 12.9. The van der Waals surface area contributed by atoms with Gasteiger partial charge in [-0.3, -0.25) is 4.79 Å². The number of aliphatic hydroxyl groups excluding tert-OH is 1. The quantitative estimate of drug-likeness (QED) is 0.909. The summed E-state index contributed by atoms with van der Waals surface area (Å²) in [6.45, 7) is 0.428. The van der Waals surface area contributed by atoms with Gasteiger partial charge < -0.3 is 9.84 Å². The smallest absolute Gasteiger partial charge is 0.161 e. The van der Waals surface area contributed by atoms with Gasteiger partial charge in [-0.1, -0.05) is 54.6 Å². The summed E-state index contributed by atoms with van der Waals surface area (Å²) in [4.78, 5) is 12.0. The first-order chi connectivity index (χ1) is 11.3. The first-order valence-electron chi connectivity index (χ1n) is 7.92. The van der Waals surface area contributed by atoms with Gasteiger partial charge >= 0.3 is 0 Å². The third-order valence-electron chi connectivity index (χ3n) is 4.04. The number of ether oxygens (including phenoxy) is 1. The highest BCUT2D eigenvalue weighted by Crippen LogP contribution is 2.33. The van der Waals surface area contributed by atoms with Crippen LogP contribution in [0.2, 0.25) is 0 Å². The fourth-order valence-corrected chi connectivity index (χ4v) is 2.78. The number of aliphatic hydroxyl groups is 1. The van der Waals surface area contributed by atoms with Crippen LogP contribution in [0.5, 0.6) is 5.75 Å². The Morgan fingerprint density at radius 1 is 1.04 bits per heavy atom. The molecule has 0 aliphatic heterocycles. The van der Waals surface area contributed by atoms with Gasteiger partial charge in [0.15, 0.2) is 5.78 Å². The highest BCUT2D eigenvalue weighted by molar-refractivity contribution is 5.97. The molecule has 0 saturated heterocycles. The molecule has 0 spiro atoms. The van der Waals surface area contributed by atoms with Crippen LogP contribution in [0.1, 0.15) is 36.5 Å². The predicted molar refractivity (Wildman–Crippen MR) is 89.1 cm³/mol. The SMILES string of the molecule is O=C1CCCC=C1C(O)c1ccccc1OCc1ccccc1. The minimum Gasteiger partial charge on any atom is -0.489 e. The normalized spacial score (nSPS) is 15.9. The Morgan fingerprint density at radius 3 is 2.57 bits per heavy atom. The van der Waals surface area contributed by atoms with Crippen molar-refractivity contribution in [3.8, 4) is 5.75 Å². The summed E-state index contributed by atoms with van der Waals surface area (Å²) in [5.74, 6) is 0.643. The Balaban J connectivity index is 1.80. The van der Waals surface area contributed by atoms with Gasteiger partial charge in [-0.2, -0.15) is 0 Å². The van der Waals surface area contributed by atoms with E-state index in [1.807, 2.05) is 60.7 Å². The van der Waals surface area contributed by atoms with Crippen molar-refractivity contribution in [2.45, 2.75) is 32.0 Å². The summed E-state index contributed by atoms with van der Waals surface area (Å²) in [5, 5.41) is 10.6. The van der Waals surface area contributed by atoms with Gasteiger partial charge in [-0.25, -0.2) is 0 Å². The van der Waals surface area contributed by atoms with Crippen LogP contribution in [0.25, 0.3) is 0 Å². The van der Waals surface area contributed by atoms with E-state index >= 15 is 0 Å². The second-order valence-electron chi connectivity index (χ2n) is 5.69. The molecule has 0 radical (unpaired) electrons. The number of carbonyl (C=O) groups is 1. The summed E-state index contributed by atoms with van der Waals surface area (Å²) >= 11 is 0. The lowest BCUT2D eigenvalue weighted by molar-refractivity contribution is -0.117. The summed E-state index contributed by atoms with van der Waals surface area (Å²) < 4.78 is 5.87. The van der Waals surface area contributed by atoms with Crippen molar-refractivity contribution in [2.75, 3.05) is 0 Å². The molecule has 1 aliphatic carbocycles. The number of benzene rings is 2. The van der Waals surface area contributed by atoms with Crippen LogP contribution in [0.3, 0.4) is 0 Å². The third-order valence-corrected chi connectivity index (χ3v) is 4.04. The second-order valence-corrected chi connectivity index (χ2v) is 5.69. The lowest BCUT2D eigenvalue weighted by Crippen LogP contribution is -2.15. The van der Waals surface area contributed by atoms with Crippen molar-refractivity contribution >= 4 is 5.78 Å². The number of Topliss-reactive ketones (excluding diaryl/α,β-unsaturated/α-hetero) is 1. The molecule has 0 fully saturated rings. The van der Waals surface area contributed by atoms with Crippen molar-refractivity contribution < 1.29 is 14.6 Å². The Kier molecular flexibility index (Phi) is 4.89. The van der Waals surface area contributed by atoms with Crippen molar-refractivity contribution in [3.63, 3.8) is 0 Å². The monoisotopic (exact) mass is 308 g/mol. The van der Waals surface area contributed by atoms with Crippen molar-refractivity contribution in [1.82, 2.24) is 0 Å². The van der Waals surface area contributed by atoms with E-state index in [4.69, 9.17) is 4.74 Å². The lowest BCUT2D eigenvalue weighted by atomic mass is 9.90. The van der Waals surface area contributed by atoms with Crippen molar-refractivity contribution in [3.05, 3.63) is 77.4 Å². The molecule has 1 atom stereocenters. The van der Waals surface area contributed by atoms with E-state index in [1.54, 1.807) is 0 Å². The summed E-state index contributed by atoms with van der Waals surface area (Å²) in [6, 6.07) is 17.2. The summed E-state index contributed by atoms with van der Waals surface area (Å²) in [6.07, 6.45) is 3.14. The maximum Gasteiger partial charge on any atom is 0.161 e. The number of allylic oxidation sites excluding steroid dienone is 1. The molecule has 0 saturated carbocycles. The van der Waals surface area contributed by atoms with Gasteiger partial charge in [0.2, 0.25) is 0 Å². The first kappa shape index (κ1) is 15.5. The molecular formula is C20H20O3. The fourth-order valence-electron chi connectivity index (χ4n) is 2.78. The molecule has 0 amide bonds. The van der Waals surface area contributed by atoms with Crippen LogP contribution < -0.4 is 4.74 Å². The van der Waals surface area contributed by atoms with Gasteiger partial charge in [0.05, 0.1) is 0 Å². The molecule has 0 heterocycles. The zero-order chi connectivity index (χ0) is 16.1. The molecule has 3 rings (SSSR count). The molecule has 2 aromatic carbocycles. The number of hydrogen-bond acceptors (Lipinski definition) is 3. The van der Waals surface area contributed by atoms with Gasteiger partial charge in [-0.05, 0) is 24.5 Å². The van der Waals surface area contributed by atoms with Crippen LogP contribution in [0, 0.1) is 0 Å². The van der Waals surface area contributed by atoms with Gasteiger partial charge in [-0.15, -0.1) is 0 Å². The van der Waals surface area contributed by atoms with Gasteiger partial charge in [0.25, 0.3) is 0 Å². The highest BCUT2D eigenvalue weighted by atomic mass is 16.5. The standard InChI is InChI=1S/C20H20O3/c21-18-12-6-4-10-16(18)20(22)17-11-5-7-13-19(17)23-14-15-8-2-1-3-9-15/h1-3,5,7-11,13,20,22H,4,6,12,14H2. The lowest BCUT2D eigenvalue weighted by Gasteiger charge is -2.20. The minimum absolute atomic E-state index is 0.0293. The molecular weight excluding hydrogens is 288 g/mol. The second kappa shape index (κ2) is 7.25. The minimum atomic E-state index is -0.922. The average Bonchev–Trinajstić information content (AvgIpc) is 2.61. The molecule has 1 unspecified atom stereocenters. The molecule has 1 N–H and O–H groups in total. The molecule has 2 aromatic rings. The Bertz CT molecular complexity index is 704. The molecule has 1 aliphatic rings. The molecule has 0 bridgehead atoms. The Hall–Kier alpha value is -2.39. The van der Waals surface area contributed by atoms with Crippen LogP contribution >= 0.6 is 0 Å². The number of hydrogen-bond donors (Lipinski definition) is 1. The third kappa shape index (κ3) is 3.69. The van der Waals surface area contributed by atoms with E-state index in [0.717, 1.165) is 18.4 Å². The van der Waals surface area contributed by atoms with Gasteiger partial charge in [0.1, 0.15) is 18.5 Å². The number of rotatable bonds is 5. The van der Waals surface area contributed by atoms with E-state index < -0.39 is 6.10 Å². The zero-order valence-electron chi connectivity index (χ0n) is 12.9. The number of ketones is 1. The van der Waals surface area contributed by atoms with Crippen molar-refractivity contribution in [1.29, 1.82) is 0 Å². The van der Waals surface area contributed by atoms with E-state index in [2.05, 4.69) is 0 Å². The molecule has 23 heavy (non-hydrogen) atoms. The average molecular weight is 308 g/mol. The van der Waals surface area contributed by atoms with Crippen LogP contribution in [-0.2, 0) is 11.4 Å². The first-order valence-corrected chi connectivity index (χ1v) is 7.92. The van der Waals surface area contributed by atoms with E-state index in [1.165, 1.54) is 0 Å². The topological polar surface area (TPSA) is 46.5 Å². The number of para-hydroxylation sites is 1. The van der Waals surface area contributed by atoms with Gasteiger partial charge in [0, 0.05) is 17.6 Å².